The number of rotatable bonds is 16. The van der Waals surface area contributed by atoms with Crippen LogP contribution in [0.1, 0.15) is 90.6 Å². The van der Waals surface area contributed by atoms with Gasteiger partial charge in [-0.15, -0.1) is 0 Å². The molecule has 1 saturated carbocycles. The summed E-state index contributed by atoms with van der Waals surface area (Å²) in [5.41, 5.74) is 10.1. The molecule has 0 bridgehead atoms. The van der Waals surface area contributed by atoms with Crippen molar-refractivity contribution in [3.05, 3.63) is 125 Å². The van der Waals surface area contributed by atoms with Crippen LogP contribution in [0, 0.1) is 11.8 Å². The minimum absolute atomic E-state index is 0.0291. The van der Waals surface area contributed by atoms with Crippen LogP contribution in [0.3, 0.4) is 0 Å². The molecule has 3 atom stereocenters. The van der Waals surface area contributed by atoms with Crippen LogP contribution >= 0.6 is 33.2 Å². The molecule has 3 aromatic carbocycles. The molecule has 3 aliphatic heterocycles. The zero-order valence-electron chi connectivity index (χ0n) is 42.6. The van der Waals surface area contributed by atoms with Crippen LogP contribution in [0.15, 0.2) is 102 Å². The Balaban J connectivity index is 0.760. The maximum atomic E-state index is 14.1. The molecular weight excluding hydrogens is 1040 g/mol. The lowest BCUT2D eigenvalue weighted by atomic mass is 9.90. The van der Waals surface area contributed by atoms with Gasteiger partial charge in [0.25, 0.3) is 11.8 Å². The summed E-state index contributed by atoms with van der Waals surface area (Å²) in [5.74, 6) is 5.44. The minimum atomic E-state index is -0.699. The van der Waals surface area contributed by atoms with Crippen LogP contribution in [-0.2, 0) is 20.9 Å². The fraction of sp³-hybridized carbons (Fsp3) is 0.364. The van der Waals surface area contributed by atoms with Crippen LogP contribution in [0.5, 0.6) is 0 Å². The lowest BCUT2D eigenvalue weighted by molar-refractivity contribution is -0.136. The first kappa shape index (κ1) is 54.3. The molecule has 19 nitrogen and oxygen atoms in total. The third-order valence-electron chi connectivity index (χ3n) is 14.0. The first-order valence-corrected chi connectivity index (χ1v) is 28.2. The molecule has 2 saturated heterocycles. The minimum Gasteiger partial charge on any atom is -0.445 e. The average molecular weight is 1100 g/mol. The van der Waals surface area contributed by atoms with Crippen molar-refractivity contribution >= 4 is 97.8 Å². The molecule has 77 heavy (non-hydrogen) atoms. The van der Waals surface area contributed by atoms with Gasteiger partial charge in [-0.05, 0) is 129 Å². The van der Waals surface area contributed by atoms with E-state index in [9.17, 15) is 28.8 Å². The maximum absolute atomic E-state index is 14.1. The number of pyridine rings is 1. The number of hydrogen-bond donors (Lipinski definition) is 5. The Morgan fingerprint density at radius 1 is 0.922 bits per heavy atom. The predicted octanol–water partition coefficient (Wildman–Crippen LogP) is 8.11. The number of urea groups is 1. The highest BCUT2D eigenvalue weighted by Crippen LogP contribution is 2.36. The summed E-state index contributed by atoms with van der Waals surface area (Å²) in [6.07, 6.45) is 6.01. The fourth-order valence-corrected chi connectivity index (χ4v) is 12.0. The van der Waals surface area contributed by atoms with Gasteiger partial charge in [0.2, 0.25) is 17.8 Å². The molecular formula is C55H59ClN12O7S2. The Bertz CT molecular complexity index is 3060. The Morgan fingerprint density at radius 2 is 1.69 bits per heavy atom. The molecule has 22 heteroatoms. The van der Waals surface area contributed by atoms with Gasteiger partial charge in [-0.2, -0.15) is 4.98 Å². The van der Waals surface area contributed by atoms with E-state index in [2.05, 4.69) is 53.0 Å². The topological polar surface area (TPSA) is 237 Å². The fourth-order valence-electron chi connectivity index (χ4n) is 9.64. The lowest BCUT2D eigenvalue weighted by Gasteiger charge is -2.39. The molecule has 1 aliphatic carbocycles. The molecule has 6 N–H and O–H groups in total. The number of nitrogens with zero attached hydrogens (tertiary/aromatic N) is 7. The number of hydrogen-bond acceptors (Lipinski definition) is 15. The van der Waals surface area contributed by atoms with Crippen molar-refractivity contribution in [2.45, 2.75) is 99.8 Å². The van der Waals surface area contributed by atoms with Crippen molar-refractivity contribution in [2.75, 3.05) is 48.3 Å². The summed E-state index contributed by atoms with van der Waals surface area (Å²) in [5, 5.41) is 13.0. The molecule has 3 fully saturated rings. The number of imide groups is 1. The summed E-state index contributed by atoms with van der Waals surface area (Å²) in [6, 6.07) is 24.8. The number of aromatic nitrogens is 3. The van der Waals surface area contributed by atoms with E-state index in [4.69, 9.17) is 22.1 Å². The van der Waals surface area contributed by atoms with Gasteiger partial charge in [-0.3, -0.25) is 24.5 Å². The van der Waals surface area contributed by atoms with Gasteiger partial charge >= 0.3 is 12.1 Å². The number of amides is 7. The number of anilines is 5. The third kappa shape index (κ3) is 13.7. The second-order valence-corrected chi connectivity index (χ2v) is 22.2. The first-order chi connectivity index (χ1) is 37.3. The highest BCUT2D eigenvalue weighted by atomic mass is 35.5. The molecule has 2 aromatic heterocycles. The highest BCUT2D eigenvalue weighted by Gasteiger charge is 2.39. The third-order valence-corrected chi connectivity index (χ3v) is 17.2. The number of halogens is 1. The Kier molecular flexibility index (Phi) is 17.7. The van der Waals surface area contributed by atoms with Gasteiger partial charge in [0.15, 0.2) is 5.82 Å². The second-order valence-electron chi connectivity index (χ2n) is 19.2. The summed E-state index contributed by atoms with van der Waals surface area (Å²) < 4.78 is 6.13. The zero-order valence-corrected chi connectivity index (χ0v) is 45.0. The van der Waals surface area contributed by atoms with E-state index < -0.39 is 30.1 Å². The second kappa shape index (κ2) is 25.1. The number of nitrogens with two attached hydrogens (primary N) is 1. The number of carbonyl (C=O) groups excluding carboxylic acids is 6. The van der Waals surface area contributed by atoms with E-state index in [1.165, 1.54) is 21.9 Å². The molecule has 5 heterocycles. The van der Waals surface area contributed by atoms with E-state index in [-0.39, 0.29) is 59.6 Å². The number of fused-ring (bicyclic) bond motifs is 1. The van der Waals surface area contributed by atoms with E-state index >= 15 is 0 Å². The standard InChI is InChI=1S/C55H59ClN12O7S2/c1-34(35(2)76-77-48-12-5-7-25-58-48)75-55(74)67(26-8-6-9-36-13-22-42-37(31-36)33-68(52(42)72)46-23-24-47(69)63-51(46)71)41-20-16-39(17-21-41)61-54(73)66-29-27-65(28-30-66)40-18-14-38(15-19-40)60-53-59-32-44(56)50(64-53)62-45-11-4-3-10-43(45)49(57)70/h3-5,7,10-15,18-19,22,25,31-32,34-35,39,41,46H,8,16-17,20-21,23-24,26-30,33H2,1-2H3,(H2,57,70)(H,61,73)(H,63,69,71)(H2,59,60,62,64). The van der Waals surface area contributed by atoms with Crippen LogP contribution < -0.4 is 31.9 Å². The SMILES string of the molecule is CC(OC(=O)N(CCC#Cc1ccc2c(c1)CN(C1CCC(=O)NC1=O)C2=O)C1CCC(NC(=O)N2CCN(c3ccc(Nc4ncc(Cl)c(Nc5ccccc5C(N)=O)n4)cc3)CC2)CC1)C(C)SSc1ccccn1. The number of nitrogens with one attached hydrogen (secondary N) is 4. The molecule has 0 radical (unpaired) electrons. The summed E-state index contributed by atoms with van der Waals surface area (Å²) in [4.78, 5) is 97.8. The summed E-state index contributed by atoms with van der Waals surface area (Å²) in [6.45, 7) is 6.93. The number of para-hydroxylation sites is 1. The lowest BCUT2D eigenvalue weighted by Crippen LogP contribution is -2.54. The number of ether oxygens (including phenoxy) is 1. The van der Waals surface area contributed by atoms with Gasteiger partial charge in [0.05, 0.1) is 17.4 Å². The van der Waals surface area contributed by atoms with Gasteiger partial charge in [0, 0.05) is 98.1 Å². The van der Waals surface area contributed by atoms with Crippen LogP contribution in [0.4, 0.5) is 38.4 Å². The van der Waals surface area contributed by atoms with Crippen LogP contribution in [0.2, 0.25) is 5.02 Å². The van der Waals surface area contributed by atoms with Crippen LogP contribution in [-0.4, -0.2) is 128 Å². The molecule has 400 valence electrons. The largest absolute Gasteiger partial charge is 0.445 e. The van der Waals surface area contributed by atoms with Crippen molar-refractivity contribution in [3.8, 4) is 11.8 Å². The Hall–Kier alpha value is -7.54. The zero-order chi connectivity index (χ0) is 54.0. The summed E-state index contributed by atoms with van der Waals surface area (Å²) in [7, 11) is 3.13. The number of piperidine rings is 1. The predicted molar refractivity (Wildman–Crippen MR) is 297 cm³/mol. The van der Waals surface area contributed by atoms with E-state index in [0.29, 0.717) is 99.0 Å². The van der Waals surface area contributed by atoms with Crippen molar-refractivity contribution < 1.29 is 33.5 Å². The molecule has 9 rings (SSSR count). The monoisotopic (exact) mass is 1100 g/mol. The molecule has 5 aromatic rings. The summed E-state index contributed by atoms with van der Waals surface area (Å²) >= 11 is 6.39. The normalized spacial score (nSPS) is 19.0. The maximum Gasteiger partial charge on any atom is 0.410 e. The number of piperazine rings is 1. The first-order valence-electron chi connectivity index (χ1n) is 25.6. The number of carbonyl (C=O) groups is 6. The van der Waals surface area contributed by atoms with E-state index in [0.717, 1.165) is 22.0 Å². The Labute approximate surface area is 459 Å². The average Bonchev–Trinajstić information content (AvgIpc) is 3.79. The van der Waals surface area contributed by atoms with Crippen molar-refractivity contribution in [2.24, 2.45) is 5.73 Å². The van der Waals surface area contributed by atoms with Crippen molar-refractivity contribution in [1.82, 2.24) is 40.3 Å². The molecule has 7 amide bonds. The molecule has 3 unspecified atom stereocenters. The van der Waals surface area contributed by atoms with Gasteiger partial charge in [-0.1, -0.05) is 52.4 Å². The smallest absolute Gasteiger partial charge is 0.410 e. The Morgan fingerprint density at radius 3 is 2.43 bits per heavy atom. The van der Waals surface area contributed by atoms with E-state index in [1.54, 1.807) is 58.3 Å². The number of benzene rings is 3. The van der Waals surface area contributed by atoms with Gasteiger partial charge in [-0.25, -0.2) is 19.6 Å². The molecule has 4 aliphatic rings. The van der Waals surface area contributed by atoms with Crippen molar-refractivity contribution in [3.63, 3.8) is 0 Å². The van der Waals surface area contributed by atoms with Crippen LogP contribution in [0.25, 0.3) is 0 Å². The van der Waals surface area contributed by atoms with Gasteiger partial charge < -0.3 is 46.0 Å². The van der Waals surface area contributed by atoms with Crippen molar-refractivity contribution in [1.29, 1.82) is 0 Å². The van der Waals surface area contributed by atoms with Gasteiger partial charge in [0.1, 0.15) is 22.2 Å². The van der Waals surface area contributed by atoms with E-state index in [1.807, 2.05) is 67.3 Å². The number of primary amides is 1. The highest BCUT2D eigenvalue weighted by molar-refractivity contribution is 8.76. The molecule has 0 spiro atoms. The quantitative estimate of drug-likeness (QED) is 0.0356.